The van der Waals surface area contributed by atoms with Gasteiger partial charge in [0.1, 0.15) is 8.96 Å². The Balaban J connectivity index is 2.01. The van der Waals surface area contributed by atoms with Gasteiger partial charge in [-0.15, -0.1) is 0 Å². The molecule has 0 spiro atoms. The first-order valence-corrected chi connectivity index (χ1v) is 7.55. The second kappa shape index (κ2) is 4.94. The molecule has 0 aromatic carbocycles. The lowest BCUT2D eigenvalue weighted by Crippen LogP contribution is -2.26. The van der Waals surface area contributed by atoms with Crippen molar-refractivity contribution in [3.63, 3.8) is 0 Å². The molecule has 1 atom stereocenters. The molecule has 1 aliphatic carbocycles. The summed E-state index contributed by atoms with van der Waals surface area (Å²) in [5.74, 6) is 1.10. The highest BCUT2D eigenvalue weighted by molar-refractivity contribution is 6.54. The molecule has 0 amide bonds. The monoisotopic (exact) mass is 171 g/mol. The van der Waals surface area contributed by atoms with Crippen molar-refractivity contribution >= 4 is 8.96 Å². The summed E-state index contributed by atoms with van der Waals surface area (Å²) in [6, 6.07) is 1.50. The topological polar surface area (TPSA) is 12.0 Å². The SMILES string of the molecule is CN[SiH](C)CCC1CCCC1. The Kier molecular flexibility index (Phi) is 4.16. The Bertz CT molecular complexity index is 99.7. The van der Waals surface area contributed by atoms with Gasteiger partial charge in [0.2, 0.25) is 0 Å². The van der Waals surface area contributed by atoms with E-state index < -0.39 is 8.96 Å². The Morgan fingerprint density at radius 2 is 2.00 bits per heavy atom. The number of rotatable bonds is 4. The molecule has 1 aliphatic rings. The summed E-state index contributed by atoms with van der Waals surface area (Å²) >= 11 is 0. The van der Waals surface area contributed by atoms with Crippen LogP contribution in [0.3, 0.4) is 0 Å². The summed E-state index contributed by atoms with van der Waals surface area (Å²) in [5.41, 5.74) is 0. The second-order valence-corrected chi connectivity index (χ2v) is 6.87. The van der Waals surface area contributed by atoms with Gasteiger partial charge in [0.15, 0.2) is 0 Å². The quantitative estimate of drug-likeness (QED) is 0.639. The minimum absolute atomic E-state index is 0.488. The van der Waals surface area contributed by atoms with Crippen molar-refractivity contribution in [1.82, 2.24) is 4.98 Å². The third kappa shape index (κ3) is 3.39. The van der Waals surface area contributed by atoms with E-state index in [1.807, 2.05) is 0 Å². The Morgan fingerprint density at radius 3 is 2.55 bits per heavy atom. The van der Waals surface area contributed by atoms with E-state index in [0.29, 0.717) is 0 Å². The van der Waals surface area contributed by atoms with E-state index in [9.17, 15) is 0 Å². The first kappa shape index (κ1) is 9.27. The number of hydrogen-bond donors (Lipinski definition) is 1. The van der Waals surface area contributed by atoms with Crippen molar-refractivity contribution in [1.29, 1.82) is 0 Å². The molecule has 1 N–H and O–H groups in total. The van der Waals surface area contributed by atoms with E-state index in [1.165, 1.54) is 38.1 Å². The minimum Gasteiger partial charge on any atom is -0.342 e. The largest absolute Gasteiger partial charge is 0.342 e. The van der Waals surface area contributed by atoms with Gasteiger partial charge in [-0.25, -0.2) is 0 Å². The smallest absolute Gasteiger partial charge is 0.105 e. The van der Waals surface area contributed by atoms with Gasteiger partial charge in [0.25, 0.3) is 0 Å². The van der Waals surface area contributed by atoms with Crippen LogP contribution in [0.15, 0.2) is 0 Å². The highest BCUT2D eigenvalue weighted by atomic mass is 28.3. The molecule has 0 radical (unpaired) electrons. The fourth-order valence-corrected chi connectivity index (χ4v) is 3.19. The van der Waals surface area contributed by atoms with Crippen LogP contribution in [0.1, 0.15) is 32.1 Å². The molecule has 0 saturated heterocycles. The van der Waals surface area contributed by atoms with Crippen LogP contribution in [0.25, 0.3) is 0 Å². The molecule has 2 heteroatoms. The van der Waals surface area contributed by atoms with Crippen molar-refractivity contribution in [3.8, 4) is 0 Å². The van der Waals surface area contributed by atoms with E-state index >= 15 is 0 Å². The van der Waals surface area contributed by atoms with Crippen molar-refractivity contribution in [2.45, 2.75) is 44.7 Å². The van der Waals surface area contributed by atoms with Gasteiger partial charge in [-0.2, -0.15) is 0 Å². The predicted octanol–water partition coefficient (Wildman–Crippen LogP) is 2.14. The number of hydrogen-bond acceptors (Lipinski definition) is 1. The summed E-state index contributed by atoms with van der Waals surface area (Å²) in [5, 5.41) is 0. The maximum absolute atomic E-state index is 3.43. The van der Waals surface area contributed by atoms with Crippen LogP contribution < -0.4 is 4.98 Å². The predicted molar refractivity (Wildman–Crippen MR) is 53.5 cm³/mol. The molecular weight excluding hydrogens is 150 g/mol. The van der Waals surface area contributed by atoms with Crippen LogP contribution >= 0.6 is 0 Å². The van der Waals surface area contributed by atoms with Gasteiger partial charge in [0, 0.05) is 0 Å². The lowest BCUT2D eigenvalue weighted by molar-refractivity contribution is 0.527. The molecule has 1 unspecified atom stereocenters. The zero-order valence-electron chi connectivity index (χ0n) is 7.90. The molecule has 0 bridgehead atoms. The van der Waals surface area contributed by atoms with E-state index in [-0.39, 0.29) is 0 Å². The molecule has 0 heterocycles. The van der Waals surface area contributed by atoms with E-state index in [1.54, 1.807) is 0 Å². The molecule has 0 aromatic rings. The molecule has 1 rings (SSSR count). The summed E-state index contributed by atoms with van der Waals surface area (Å²) in [4.78, 5) is 3.43. The fourth-order valence-electron chi connectivity index (χ4n) is 1.93. The maximum atomic E-state index is 3.43. The normalized spacial score (nSPS) is 22.4. The molecule has 66 valence electrons. The first-order valence-electron chi connectivity index (χ1n) is 5.00. The Morgan fingerprint density at radius 1 is 1.36 bits per heavy atom. The summed E-state index contributed by atoms with van der Waals surface area (Å²) < 4.78 is 0. The lowest BCUT2D eigenvalue weighted by atomic mass is 10.1. The van der Waals surface area contributed by atoms with E-state index in [0.717, 1.165) is 5.92 Å². The van der Waals surface area contributed by atoms with Crippen LogP contribution in [0.4, 0.5) is 0 Å². The third-order valence-electron chi connectivity index (χ3n) is 2.98. The van der Waals surface area contributed by atoms with Crippen LogP contribution in [0.2, 0.25) is 12.6 Å². The lowest BCUT2D eigenvalue weighted by Gasteiger charge is -2.11. The molecule has 1 fully saturated rings. The van der Waals surface area contributed by atoms with Gasteiger partial charge < -0.3 is 4.98 Å². The van der Waals surface area contributed by atoms with Crippen LogP contribution in [0.5, 0.6) is 0 Å². The van der Waals surface area contributed by atoms with E-state index in [2.05, 4.69) is 18.6 Å². The van der Waals surface area contributed by atoms with Gasteiger partial charge in [0.05, 0.1) is 0 Å². The highest BCUT2D eigenvalue weighted by Crippen LogP contribution is 2.28. The number of nitrogens with one attached hydrogen (secondary N) is 1. The molecule has 11 heavy (non-hydrogen) atoms. The third-order valence-corrected chi connectivity index (χ3v) is 5.16. The summed E-state index contributed by atoms with van der Waals surface area (Å²) in [7, 11) is 1.63. The van der Waals surface area contributed by atoms with Gasteiger partial charge in [-0.3, -0.25) is 0 Å². The fraction of sp³-hybridized carbons (Fsp3) is 1.00. The summed E-state index contributed by atoms with van der Waals surface area (Å²) in [6.45, 7) is 2.41. The average Bonchev–Trinajstić information content (AvgIpc) is 2.52. The van der Waals surface area contributed by atoms with Gasteiger partial charge in [-0.05, 0) is 19.0 Å². The standard InChI is InChI=1S/C9H21NSi/c1-10-11(2)8-7-9-5-3-4-6-9/h9-11H,3-8H2,1-2H3. The maximum Gasteiger partial charge on any atom is 0.105 e. The van der Waals surface area contributed by atoms with Crippen molar-refractivity contribution in [2.75, 3.05) is 7.05 Å². The van der Waals surface area contributed by atoms with Gasteiger partial charge >= 0.3 is 0 Å². The molecule has 0 aromatic heterocycles. The van der Waals surface area contributed by atoms with Gasteiger partial charge in [-0.1, -0.05) is 38.7 Å². The van der Waals surface area contributed by atoms with Crippen LogP contribution in [-0.4, -0.2) is 16.0 Å². The first-order chi connectivity index (χ1) is 5.33. The zero-order chi connectivity index (χ0) is 8.10. The Labute approximate surface area is 72.3 Å². The molecule has 0 aliphatic heterocycles. The van der Waals surface area contributed by atoms with E-state index in [4.69, 9.17) is 0 Å². The average molecular weight is 171 g/mol. The van der Waals surface area contributed by atoms with Crippen LogP contribution in [-0.2, 0) is 0 Å². The molecule has 1 saturated carbocycles. The van der Waals surface area contributed by atoms with Crippen molar-refractivity contribution in [2.24, 2.45) is 5.92 Å². The molecule has 1 nitrogen and oxygen atoms in total. The van der Waals surface area contributed by atoms with Crippen molar-refractivity contribution < 1.29 is 0 Å². The van der Waals surface area contributed by atoms with Crippen molar-refractivity contribution in [3.05, 3.63) is 0 Å². The molecular formula is C9H21NSi. The summed E-state index contributed by atoms with van der Waals surface area (Å²) in [6.07, 6.45) is 7.55. The second-order valence-electron chi connectivity index (χ2n) is 3.92. The van der Waals surface area contributed by atoms with Crippen LogP contribution in [0, 0.1) is 5.92 Å². The minimum atomic E-state index is -0.488. The Hall–Kier alpha value is 0.177. The zero-order valence-corrected chi connectivity index (χ0v) is 9.05. The highest BCUT2D eigenvalue weighted by Gasteiger charge is 2.15.